The van der Waals surface area contributed by atoms with Gasteiger partial charge in [0.15, 0.2) is 16.3 Å². The Balaban J connectivity index is 1.73. The highest BCUT2D eigenvalue weighted by atomic mass is 32.1. The van der Waals surface area contributed by atoms with Crippen LogP contribution in [-0.4, -0.2) is 29.8 Å². The van der Waals surface area contributed by atoms with E-state index in [2.05, 4.69) is 11.6 Å². The Bertz CT molecular complexity index is 1100. The minimum Gasteiger partial charge on any atom is -0.492 e. The Kier molecular flexibility index (Phi) is 5.16. The Morgan fingerprint density at radius 3 is 2.93 bits per heavy atom. The molecule has 0 spiro atoms. The molecular weight excluding hydrogens is 376 g/mol. The van der Waals surface area contributed by atoms with Gasteiger partial charge in [0.2, 0.25) is 6.10 Å². The van der Waals surface area contributed by atoms with Crippen LogP contribution in [0.15, 0.2) is 60.1 Å². The molecular formula is C21H20N2O4S. The predicted molar refractivity (Wildman–Crippen MR) is 108 cm³/mol. The van der Waals surface area contributed by atoms with Crippen molar-refractivity contribution in [2.75, 3.05) is 13.2 Å². The molecule has 144 valence electrons. The van der Waals surface area contributed by atoms with Crippen molar-refractivity contribution in [2.45, 2.75) is 19.6 Å². The molecule has 28 heavy (non-hydrogen) atoms. The maximum absolute atomic E-state index is 12.8. The van der Waals surface area contributed by atoms with Gasteiger partial charge in [-0.15, -0.1) is 6.58 Å². The van der Waals surface area contributed by atoms with Crippen LogP contribution in [0.5, 0.6) is 17.2 Å². The van der Waals surface area contributed by atoms with Crippen molar-refractivity contribution in [1.82, 2.24) is 4.57 Å². The number of hydrogen-bond donors (Lipinski definition) is 0. The summed E-state index contributed by atoms with van der Waals surface area (Å²) in [5.74, 6) is 1.57. The third-order valence-corrected chi connectivity index (χ3v) is 5.31. The molecule has 0 fully saturated rings. The first-order chi connectivity index (χ1) is 13.7. The summed E-state index contributed by atoms with van der Waals surface area (Å²) in [6.07, 6.45) is 0.998. The van der Waals surface area contributed by atoms with Crippen LogP contribution in [0.4, 0.5) is 0 Å². The molecule has 1 aliphatic heterocycles. The molecule has 0 bridgehead atoms. The molecule has 0 N–H and O–H groups in total. The van der Waals surface area contributed by atoms with E-state index in [0.29, 0.717) is 29.5 Å². The van der Waals surface area contributed by atoms with Crippen LogP contribution in [0.2, 0.25) is 0 Å². The summed E-state index contributed by atoms with van der Waals surface area (Å²) in [4.78, 5) is 17.7. The van der Waals surface area contributed by atoms with Gasteiger partial charge in [-0.25, -0.2) is 0 Å². The van der Waals surface area contributed by atoms with Gasteiger partial charge in [-0.1, -0.05) is 35.6 Å². The van der Waals surface area contributed by atoms with Crippen molar-refractivity contribution in [3.8, 4) is 17.2 Å². The largest absolute Gasteiger partial charge is 0.492 e. The summed E-state index contributed by atoms with van der Waals surface area (Å²) < 4.78 is 20.1. The lowest BCUT2D eigenvalue weighted by Crippen LogP contribution is -2.36. The van der Waals surface area contributed by atoms with E-state index < -0.39 is 6.10 Å². The van der Waals surface area contributed by atoms with Crippen molar-refractivity contribution in [1.29, 1.82) is 0 Å². The minimum absolute atomic E-state index is 0.135. The molecule has 6 nitrogen and oxygen atoms in total. The summed E-state index contributed by atoms with van der Waals surface area (Å²) in [5.41, 5.74) is 0.909. The normalized spacial score (nSPS) is 16.2. The fourth-order valence-electron chi connectivity index (χ4n) is 3.06. The van der Waals surface area contributed by atoms with E-state index >= 15 is 0 Å². The Labute approximate surface area is 166 Å². The Morgan fingerprint density at radius 2 is 2.14 bits per heavy atom. The van der Waals surface area contributed by atoms with E-state index in [-0.39, 0.29) is 12.5 Å². The van der Waals surface area contributed by atoms with E-state index in [1.165, 1.54) is 11.3 Å². The highest BCUT2D eigenvalue weighted by Gasteiger charge is 2.27. The van der Waals surface area contributed by atoms with Gasteiger partial charge < -0.3 is 18.8 Å². The average molecular weight is 396 g/mol. The molecule has 0 unspecified atom stereocenters. The first kappa shape index (κ1) is 18.3. The fourth-order valence-corrected chi connectivity index (χ4v) is 4.12. The monoisotopic (exact) mass is 396 g/mol. The molecule has 2 aromatic carbocycles. The van der Waals surface area contributed by atoms with Crippen molar-refractivity contribution < 1.29 is 19.0 Å². The Hall–Kier alpha value is -3.06. The van der Waals surface area contributed by atoms with Crippen LogP contribution in [0.3, 0.4) is 0 Å². The van der Waals surface area contributed by atoms with Crippen LogP contribution < -0.4 is 19.0 Å². The lowest BCUT2D eigenvalue weighted by molar-refractivity contribution is -0.127. The molecule has 7 heteroatoms. The molecule has 1 aliphatic rings. The van der Waals surface area contributed by atoms with Crippen LogP contribution >= 0.6 is 11.3 Å². The first-order valence-electron chi connectivity index (χ1n) is 9.04. The number of benzene rings is 2. The summed E-state index contributed by atoms with van der Waals surface area (Å²) in [6, 6.07) is 13.1. The number of carbonyl (C=O) groups is 1. The number of carbonyl (C=O) groups excluding carboxylic acids is 1. The van der Waals surface area contributed by atoms with Gasteiger partial charge in [0.25, 0.3) is 5.91 Å². The van der Waals surface area contributed by atoms with Crippen molar-refractivity contribution >= 4 is 27.5 Å². The highest BCUT2D eigenvalue weighted by molar-refractivity contribution is 7.16. The van der Waals surface area contributed by atoms with Crippen LogP contribution in [0.25, 0.3) is 10.2 Å². The SMILES string of the molecule is C=CCn1c(=NC(=O)[C@H]2COc3ccccc3O2)sc2cccc(OCC)c21. The van der Waals surface area contributed by atoms with Gasteiger partial charge in [-0.3, -0.25) is 4.79 Å². The van der Waals surface area contributed by atoms with Gasteiger partial charge >= 0.3 is 0 Å². The second-order valence-corrected chi connectivity index (χ2v) is 7.14. The fraction of sp³-hybridized carbons (Fsp3) is 0.238. The molecule has 1 amide bonds. The Morgan fingerprint density at radius 1 is 1.32 bits per heavy atom. The molecule has 0 radical (unpaired) electrons. The summed E-state index contributed by atoms with van der Waals surface area (Å²) >= 11 is 1.43. The van der Waals surface area contributed by atoms with E-state index in [4.69, 9.17) is 14.2 Å². The van der Waals surface area contributed by atoms with E-state index in [1.54, 1.807) is 12.1 Å². The zero-order valence-electron chi connectivity index (χ0n) is 15.5. The number of rotatable bonds is 5. The van der Waals surface area contributed by atoms with Gasteiger partial charge in [0, 0.05) is 6.54 Å². The zero-order valence-corrected chi connectivity index (χ0v) is 16.3. The number of hydrogen-bond acceptors (Lipinski definition) is 5. The molecule has 1 aromatic heterocycles. The van der Waals surface area contributed by atoms with Crippen LogP contribution in [-0.2, 0) is 11.3 Å². The topological polar surface area (TPSA) is 62.1 Å². The first-order valence-corrected chi connectivity index (χ1v) is 9.86. The van der Waals surface area contributed by atoms with Gasteiger partial charge in [-0.2, -0.15) is 4.99 Å². The second kappa shape index (κ2) is 7.90. The number of thiazole rings is 1. The predicted octanol–water partition coefficient (Wildman–Crippen LogP) is 3.55. The lowest BCUT2D eigenvalue weighted by atomic mass is 10.2. The van der Waals surface area contributed by atoms with E-state index in [9.17, 15) is 4.79 Å². The number of ether oxygens (including phenoxy) is 3. The second-order valence-electron chi connectivity index (χ2n) is 6.13. The molecule has 0 saturated heterocycles. The highest BCUT2D eigenvalue weighted by Crippen LogP contribution is 2.31. The zero-order chi connectivity index (χ0) is 19.5. The molecule has 0 saturated carbocycles. The molecule has 0 aliphatic carbocycles. The summed E-state index contributed by atoms with van der Waals surface area (Å²) in [6.45, 7) is 6.97. The molecule has 4 rings (SSSR count). The third kappa shape index (κ3) is 3.41. The van der Waals surface area contributed by atoms with Gasteiger partial charge in [0.05, 0.1) is 11.3 Å². The number of fused-ring (bicyclic) bond motifs is 2. The van der Waals surface area contributed by atoms with E-state index in [0.717, 1.165) is 16.0 Å². The molecule has 3 aromatic rings. The van der Waals surface area contributed by atoms with Crippen molar-refractivity contribution in [3.05, 3.63) is 59.9 Å². The van der Waals surface area contributed by atoms with Gasteiger partial charge in [0.1, 0.15) is 17.9 Å². The van der Waals surface area contributed by atoms with Crippen molar-refractivity contribution in [2.24, 2.45) is 4.99 Å². The standard InChI is InChI=1S/C21H20N2O4S/c1-3-12-23-19-16(25-4-2)10-7-11-18(19)28-21(23)22-20(24)17-13-26-14-8-5-6-9-15(14)27-17/h3,5-11,17H,1,4,12-13H2,2H3/t17-/m1/s1. The van der Waals surface area contributed by atoms with E-state index in [1.807, 2.05) is 47.9 Å². The number of allylic oxidation sites excluding steroid dienone is 1. The quantitative estimate of drug-likeness (QED) is 0.619. The third-order valence-electron chi connectivity index (χ3n) is 4.27. The summed E-state index contributed by atoms with van der Waals surface area (Å²) in [7, 11) is 0. The number of para-hydroxylation sites is 3. The summed E-state index contributed by atoms with van der Waals surface area (Å²) in [5, 5.41) is 0. The molecule has 2 heterocycles. The van der Waals surface area contributed by atoms with Crippen molar-refractivity contribution in [3.63, 3.8) is 0 Å². The average Bonchev–Trinajstić information content (AvgIpc) is 3.06. The maximum atomic E-state index is 12.8. The number of amides is 1. The lowest BCUT2D eigenvalue weighted by Gasteiger charge is -2.23. The smallest absolute Gasteiger partial charge is 0.292 e. The van der Waals surface area contributed by atoms with Crippen LogP contribution in [0, 0.1) is 0 Å². The maximum Gasteiger partial charge on any atom is 0.292 e. The molecule has 1 atom stereocenters. The minimum atomic E-state index is -0.774. The van der Waals surface area contributed by atoms with Crippen LogP contribution in [0.1, 0.15) is 6.92 Å². The number of nitrogens with zero attached hydrogens (tertiary/aromatic N) is 2. The van der Waals surface area contributed by atoms with Gasteiger partial charge in [-0.05, 0) is 31.2 Å². The number of aromatic nitrogens is 1.